The number of nitrogens with zero attached hydrogens (tertiary/aromatic N) is 1. The van der Waals surface area contributed by atoms with Gasteiger partial charge >= 0.3 is 12.4 Å². The van der Waals surface area contributed by atoms with Crippen molar-refractivity contribution in [3.05, 3.63) is 59.2 Å². The molecule has 0 saturated carbocycles. The van der Waals surface area contributed by atoms with Gasteiger partial charge in [-0.2, -0.15) is 31.6 Å². The van der Waals surface area contributed by atoms with Crippen LogP contribution in [-0.2, 0) is 6.18 Å². The maximum absolute atomic E-state index is 13.6. The van der Waals surface area contributed by atoms with E-state index < -0.39 is 41.5 Å². The molecule has 1 N–H and O–H groups in total. The number of hydrogen-bond donors (Lipinski definition) is 1. The van der Waals surface area contributed by atoms with Crippen LogP contribution in [0.3, 0.4) is 0 Å². The summed E-state index contributed by atoms with van der Waals surface area (Å²) in [6.45, 7) is -0.0994. The number of hydrogen-bond acceptors (Lipinski definition) is 4. The fraction of sp³-hybridized carbons (Fsp3) is 0.381. The van der Waals surface area contributed by atoms with Gasteiger partial charge in [-0.25, -0.2) is 0 Å². The first kappa shape index (κ1) is 22.7. The van der Waals surface area contributed by atoms with E-state index in [1.807, 2.05) is 0 Å². The third-order valence-electron chi connectivity index (χ3n) is 5.12. The minimum atomic E-state index is -4.85. The van der Waals surface area contributed by atoms with E-state index >= 15 is 0 Å². The lowest BCUT2D eigenvalue weighted by Crippen LogP contribution is -2.44. The predicted molar refractivity (Wildman–Crippen MR) is 98.8 cm³/mol. The second kappa shape index (κ2) is 8.67. The average molecular weight is 444 g/mol. The van der Waals surface area contributed by atoms with Crippen LogP contribution in [0, 0.1) is 11.3 Å². The molecular weight excluding hydrogens is 426 g/mol. The number of rotatable bonds is 5. The second-order valence-electron chi connectivity index (χ2n) is 7.13. The third-order valence-corrected chi connectivity index (χ3v) is 5.12. The first-order chi connectivity index (χ1) is 14.5. The van der Waals surface area contributed by atoms with E-state index in [1.165, 1.54) is 13.2 Å². The van der Waals surface area contributed by atoms with E-state index in [1.54, 1.807) is 24.3 Å². The Morgan fingerprint density at radius 1 is 1.03 bits per heavy atom. The zero-order valence-electron chi connectivity index (χ0n) is 16.2. The molecule has 0 aromatic heterocycles. The summed E-state index contributed by atoms with van der Waals surface area (Å²) in [6.07, 6.45) is -9.60. The number of halogens is 6. The van der Waals surface area contributed by atoms with Crippen LogP contribution in [0.2, 0.25) is 0 Å². The number of nitriles is 1. The highest BCUT2D eigenvalue weighted by atomic mass is 19.4. The van der Waals surface area contributed by atoms with Gasteiger partial charge in [-0.05, 0) is 48.4 Å². The molecule has 1 saturated heterocycles. The van der Waals surface area contributed by atoms with E-state index in [4.69, 9.17) is 14.7 Å². The molecule has 3 atom stereocenters. The summed E-state index contributed by atoms with van der Waals surface area (Å²) >= 11 is 0. The normalized spacial score (nSPS) is 21.5. The van der Waals surface area contributed by atoms with Gasteiger partial charge < -0.3 is 9.47 Å². The van der Waals surface area contributed by atoms with Crippen molar-refractivity contribution < 1.29 is 35.8 Å². The highest BCUT2D eigenvalue weighted by Crippen LogP contribution is 2.42. The molecule has 10 heteroatoms. The minimum absolute atomic E-state index is 0.0798. The molecule has 0 amide bonds. The number of methoxy groups -OCH3 is 1. The van der Waals surface area contributed by atoms with Gasteiger partial charge in [-0.1, -0.05) is 6.07 Å². The van der Waals surface area contributed by atoms with Crippen LogP contribution in [0.5, 0.6) is 11.5 Å². The van der Waals surface area contributed by atoms with Crippen LogP contribution < -0.4 is 14.8 Å². The van der Waals surface area contributed by atoms with Gasteiger partial charge in [0.2, 0.25) is 0 Å². The molecule has 3 unspecified atom stereocenters. The van der Waals surface area contributed by atoms with Crippen LogP contribution in [0.4, 0.5) is 26.3 Å². The smallest absolute Gasteiger partial charge is 0.417 e. The molecule has 1 heterocycles. The van der Waals surface area contributed by atoms with Crippen molar-refractivity contribution in [2.24, 2.45) is 0 Å². The molecule has 0 bridgehead atoms. The third kappa shape index (κ3) is 5.22. The molecule has 31 heavy (non-hydrogen) atoms. The lowest BCUT2D eigenvalue weighted by molar-refractivity contribution is -0.156. The van der Waals surface area contributed by atoms with Crippen molar-refractivity contribution in [1.29, 1.82) is 5.26 Å². The molecule has 1 fully saturated rings. The summed E-state index contributed by atoms with van der Waals surface area (Å²) in [4.78, 5) is 0. The van der Waals surface area contributed by atoms with Crippen molar-refractivity contribution in [2.45, 2.75) is 36.8 Å². The van der Waals surface area contributed by atoms with Crippen LogP contribution in [0.25, 0.3) is 0 Å². The Morgan fingerprint density at radius 3 is 2.23 bits per heavy atom. The van der Waals surface area contributed by atoms with Gasteiger partial charge in [-0.3, -0.25) is 5.32 Å². The lowest BCUT2D eigenvalue weighted by atomic mass is 9.88. The summed E-state index contributed by atoms with van der Waals surface area (Å²) in [5.41, 5.74) is -2.01. The molecule has 1 aliphatic heterocycles. The van der Waals surface area contributed by atoms with Crippen molar-refractivity contribution in [3.63, 3.8) is 0 Å². The topological polar surface area (TPSA) is 54.3 Å². The van der Waals surface area contributed by atoms with Gasteiger partial charge in [0.15, 0.2) is 0 Å². The predicted octanol–water partition coefficient (Wildman–Crippen LogP) is 5.04. The van der Waals surface area contributed by atoms with E-state index in [2.05, 4.69) is 5.32 Å². The van der Waals surface area contributed by atoms with Gasteiger partial charge in [0.05, 0.1) is 24.3 Å². The molecule has 0 radical (unpaired) electrons. The quantitative estimate of drug-likeness (QED) is 0.657. The molecular formula is C21H18F6N2O2. The van der Waals surface area contributed by atoms with E-state index in [9.17, 15) is 26.3 Å². The van der Waals surface area contributed by atoms with Crippen molar-refractivity contribution >= 4 is 0 Å². The van der Waals surface area contributed by atoms with Crippen LogP contribution >= 0.6 is 0 Å². The zero-order valence-corrected chi connectivity index (χ0v) is 16.2. The Bertz CT molecular complexity index is 950. The molecule has 1 aliphatic rings. The summed E-state index contributed by atoms with van der Waals surface area (Å²) in [6, 6.07) is 7.82. The largest absolute Gasteiger partial charge is 0.497 e. The fourth-order valence-corrected chi connectivity index (χ4v) is 3.64. The Hall–Kier alpha value is -2.93. The average Bonchev–Trinajstić information content (AvgIpc) is 3.16. The molecule has 0 spiro atoms. The summed E-state index contributed by atoms with van der Waals surface area (Å²) in [7, 11) is 1.49. The number of benzene rings is 2. The van der Waals surface area contributed by atoms with Crippen molar-refractivity contribution in [2.75, 3.05) is 13.7 Å². The first-order valence-corrected chi connectivity index (χ1v) is 9.23. The Labute approximate surface area is 174 Å². The van der Waals surface area contributed by atoms with Crippen LogP contribution in [0.15, 0.2) is 42.5 Å². The van der Waals surface area contributed by atoms with E-state index in [0.29, 0.717) is 17.6 Å². The SMILES string of the molecule is COc1ccc(OCC2CC(c3ccc(C#N)c(C(F)(F)F)c3)C(C(F)(F)F)N2)cc1. The fourth-order valence-electron chi connectivity index (χ4n) is 3.64. The second-order valence-corrected chi connectivity index (χ2v) is 7.13. The standard InChI is InChI=1S/C21H18F6N2O2/c1-30-15-4-6-16(7-5-15)31-11-14-9-17(19(29-14)21(25,26)27)12-2-3-13(10-28)18(8-12)20(22,23)24/h2-8,14,17,19,29H,9,11H2,1H3. The monoisotopic (exact) mass is 444 g/mol. The first-order valence-electron chi connectivity index (χ1n) is 9.23. The van der Waals surface area contributed by atoms with Gasteiger partial charge in [0.1, 0.15) is 24.1 Å². The highest BCUT2D eigenvalue weighted by molar-refractivity contribution is 5.43. The summed E-state index contributed by atoms with van der Waals surface area (Å²) < 4.78 is 91.1. The zero-order chi connectivity index (χ0) is 22.8. The van der Waals surface area contributed by atoms with E-state index in [0.717, 1.165) is 12.1 Å². The Kier molecular flexibility index (Phi) is 6.36. The van der Waals surface area contributed by atoms with Gasteiger partial charge in [0.25, 0.3) is 0 Å². The molecule has 4 nitrogen and oxygen atoms in total. The molecule has 0 aliphatic carbocycles. The maximum atomic E-state index is 13.6. The Balaban J connectivity index is 1.81. The summed E-state index contributed by atoms with van der Waals surface area (Å²) in [5, 5.41) is 11.3. The number of ether oxygens (including phenoxy) is 2. The molecule has 2 aromatic rings. The minimum Gasteiger partial charge on any atom is -0.497 e. The highest BCUT2D eigenvalue weighted by Gasteiger charge is 2.51. The number of nitrogens with one attached hydrogen (secondary N) is 1. The van der Waals surface area contributed by atoms with E-state index in [-0.39, 0.29) is 18.6 Å². The summed E-state index contributed by atoms with van der Waals surface area (Å²) in [5.74, 6) is -0.240. The lowest BCUT2D eigenvalue weighted by Gasteiger charge is -2.23. The van der Waals surface area contributed by atoms with Gasteiger partial charge in [-0.15, -0.1) is 0 Å². The van der Waals surface area contributed by atoms with Crippen molar-refractivity contribution in [1.82, 2.24) is 5.32 Å². The molecule has 2 aromatic carbocycles. The Morgan fingerprint density at radius 2 is 1.68 bits per heavy atom. The van der Waals surface area contributed by atoms with Crippen LogP contribution in [0.1, 0.15) is 29.0 Å². The molecule has 166 valence electrons. The molecule has 3 rings (SSSR count). The maximum Gasteiger partial charge on any atom is 0.417 e. The van der Waals surface area contributed by atoms with Gasteiger partial charge in [0, 0.05) is 12.0 Å². The van der Waals surface area contributed by atoms with Crippen molar-refractivity contribution in [3.8, 4) is 17.6 Å². The van der Waals surface area contributed by atoms with Crippen LogP contribution in [-0.4, -0.2) is 32.0 Å². The number of alkyl halides is 6.